The van der Waals surface area contributed by atoms with Crippen LogP contribution in [-0.2, 0) is 25.8 Å². The summed E-state index contributed by atoms with van der Waals surface area (Å²) in [7, 11) is 0. The standard InChI is InChI=1S/C16H23N3OS/c1-11(2)9-19-16(17-10-18-19)8-13(20)15-7-12-5-3-4-6-14(12)21-15/h7,10-11,13,20H,3-6,8-9H2,1-2H3. The molecule has 0 radical (unpaired) electrons. The number of fused-ring (bicyclic) bond motifs is 1. The number of aliphatic hydroxyl groups is 1. The molecular weight excluding hydrogens is 282 g/mol. The zero-order chi connectivity index (χ0) is 14.8. The second-order valence-electron chi connectivity index (χ2n) is 6.28. The van der Waals surface area contributed by atoms with Crippen molar-refractivity contribution in [2.45, 2.75) is 58.6 Å². The monoisotopic (exact) mass is 305 g/mol. The summed E-state index contributed by atoms with van der Waals surface area (Å²) in [6.07, 6.45) is 6.58. The van der Waals surface area contributed by atoms with E-state index in [0.717, 1.165) is 17.2 Å². The fourth-order valence-corrected chi connectivity index (χ4v) is 4.14. The average molecular weight is 305 g/mol. The van der Waals surface area contributed by atoms with Crippen LogP contribution in [0, 0.1) is 5.92 Å². The first-order chi connectivity index (χ1) is 10.1. The molecule has 0 aliphatic heterocycles. The van der Waals surface area contributed by atoms with Gasteiger partial charge in [0.05, 0.1) is 6.10 Å². The average Bonchev–Trinajstić information content (AvgIpc) is 3.05. The van der Waals surface area contributed by atoms with Crippen LogP contribution >= 0.6 is 11.3 Å². The number of rotatable bonds is 5. The van der Waals surface area contributed by atoms with Gasteiger partial charge in [-0.2, -0.15) is 5.10 Å². The fourth-order valence-electron chi connectivity index (χ4n) is 2.90. The molecule has 0 saturated heterocycles. The molecular formula is C16H23N3OS. The Morgan fingerprint density at radius 3 is 2.90 bits per heavy atom. The van der Waals surface area contributed by atoms with E-state index in [1.54, 1.807) is 17.7 Å². The molecule has 1 aliphatic carbocycles. The summed E-state index contributed by atoms with van der Waals surface area (Å²) in [5.74, 6) is 1.40. The summed E-state index contributed by atoms with van der Waals surface area (Å²) in [5, 5.41) is 14.8. The zero-order valence-corrected chi connectivity index (χ0v) is 13.6. The van der Waals surface area contributed by atoms with E-state index in [1.165, 1.54) is 36.1 Å². The molecule has 1 atom stereocenters. The van der Waals surface area contributed by atoms with Crippen LogP contribution in [0.5, 0.6) is 0 Å². The maximum absolute atomic E-state index is 10.5. The minimum absolute atomic E-state index is 0.462. The number of aryl methyl sites for hydroxylation is 2. The van der Waals surface area contributed by atoms with Gasteiger partial charge >= 0.3 is 0 Å². The Labute approximate surface area is 129 Å². The van der Waals surface area contributed by atoms with E-state index in [4.69, 9.17) is 0 Å². The number of hydrogen-bond acceptors (Lipinski definition) is 4. The summed E-state index contributed by atoms with van der Waals surface area (Å²) in [4.78, 5) is 6.87. The van der Waals surface area contributed by atoms with E-state index in [-0.39, 0.29) is 0 Å². The van der Waals surface area contributed by atoms with Crippen LogP contribution in [0.15, 0.2) is 12.4 Å². The van der Waals surface area contributed by atoms with E-state index in [1.807, 2.05) is 4.68 Å². The summed E-state index contributed by atoms with van der Waals surface area (Å²) >= 11 is 1.78. The first kappa shape index (κ1) is 14.7. The van der Waals surface area contributed by atoms with Crippen LogP contribution in [-0.4, -0.2) is 19.9 Å². The van der Waals surface area contributed by atoms with Gasteiger partial charge in [0.25, 0.3) is 0 Å². The van der Waals surface area contributed by atoms with E-state index in [2.05, 4.69) is 30.0 Å². The highest BCUT2D eigenvalue weighted by atomic mass is 32.1. The minimum atomic E-state index is -0.462. The third-order valence-electron chi connectivity index (χ3n) is 3.95. The summed E-state index contributed by atoms with van der Waals surface area (Å²) < 4.78 is 1.92. The molecule has 0 bridgehead atoms. The third-order valence-corrected chi connectivity index (χ3v) is 5.29. The van der Waals surface area contributed by atoms with E-state index < -0.39 is 6.10 Å². The summed E-state index contributed by atoms with van der Waals surface area (Å²) in [6.45, 7) is 5.17. The molecule has 0 saturated carbocycles. The number of hydrogen-bond donors (Lipinski definition) is 1. The molecule has 3 rings (SSSR count). The number of thiophene rings is 1. The first-order valence-electron chi connectivity index (χ1n) is 7.79. The Kier molecular flexibility index (Phi) is 4.40. The van der Waals surface area contributed by atoms with Gasteiger partial charge in [0.15, 0.2) is 0 Å². The van der Waals surface area contributed by atoms with Crippen LogP contribution in [0.4, 0.5) is 0 Å². The largest absolute Gasteiger partial charge is 0.387 e. The summed E-state index contributed by atoms with van der Waals surface area (Å²) in [5.41, 5.74) is 1.45. The van der Waals surface area contributed by atoms with Crippen LogP contribution in [0.1, 0.15) is 53.9 Å². The Morgan fingerprint density at radius 1 is 1.33 bits per heavy atom. The Morgan fingerprint density at radius 2 is 2.14 bits per heavy atom. The second kappa shape index (κ2) is 6.28. The molecule has 1 aliphatic rings. The molecule has 1 N–H and O–H groups in total. The highest BCUT2D eigenvalue weighted by Crippen LogP contribution is 2.33. The first-order valence-corrected chi connectivity index (χ1v) is 8.61. The fraction of sp³-hybridized carbons (Fsp3) is 0.625. The van der Waals surface area contributed by atoms with Crippen molar-refractivity contribution in [3.63, 3.8) is 0 Å². The SMILES string of the molecule is CC(C)Cn1ncnc1CC(O)c1cc2c(s1)CCCC2. The van der Waals surface area contributed by atoms with Crippen LogP contribution < -0.4 is 0 Å². The van der Waals surface area contributed by atoms with Gasteiger partial charge in [-0.05, 0) is 43.2 Å². The number of aromatic nitrogens is 3. The molecule has 114 valence electrons. The van der Waals surface area contributed by atoms with Gasteiger partial charge in [-0.1, -0.05) is 13.8 Å². The molecule has 4 nitrogen and oxygen atoms in total. The number of nitrogens with zero attached hydrogens (tertiary/aromatic N) is 3. The molecule has 2 aromatic rings. The van der Waals surface area contributed by atoms with Crippen molar-refractivity contribution in [2.75, 3.05) is 0 Å². The van der Waals surface area contributed by atoms with Gasteiger partial charge in [-0.3, -0.25) is 0 Å². The van der Waals surface area contributed by atoms with E-state index in [0.29, 0.717) is 12.3 Å². The lowest BCUT2D eigenvalue weighted by Gasteiger charge is -2.11. The Bertz CT molecular complexity index is 579. The zero-order valence-electron chi connectivity index (χ0n) is 12.7. The van der Waals surface area contributed by atoms with E-state index in [9.17, 15) is 5.11 Å². The smallest absolute Gasteiger partial charge is 0.138 e. The van der Waals surface area contributed by atoms with Gasteiger partial charge in [0.1, 0.15) is 12.2 Å². The highest BCUT2D eigenvalue weighted by Gasteiger charge is 2.19. The Hall–Kier alpha value is -1.20. The molecule has 2 heterocycles. The van der Waals surface area contributed by atoms with Crippen molar-refractivity contribution in [1.82, 2.24) is 14.8 Å². The van der Waals surface area contributed by atoms with E-state index >= 15 is 0 Å². The number of aliphatic hydroxyl groups excluding tert-OH is 1. The lowest BCUT2D eigenvalue weighted by Crippen LogP contribution is -2.13. The molecule has 2 aromatic heterocycles. The van der Waals surface area contributed by atoms with Gasteiger partial charge in [-0.15, -0.1) is 11.3 Å². The van der Waals surface area contributed by atoms with Gasteiger partial charge in [0, 0.05) is 22.7 Å². The molecule has 0 amide bonds. The maximum Gasteiger partial charge on any atom is 0.138 e. The highest BCUT2D eigenvalue weighted by molar-refractivity contribution is 7.12. The molecule has 0 spiro atoms. The predicted octanol–water partition coefficient (Wildman–Crippen LogP) is 3.15. The van der Waals surface area contributed by atoms with Gasteiger partial charge in [-0.25, -0.2) is 9.67 Å². The van der Waals surface area contributed by atoms with Crippen molar-refractivity contribution >= 4 is 11.3 Å². The lowest BCUT2D eigenvalue weighted by atomic mass is 9.99. The molecule has 0 fully saturated rings. The predicted molar refractivity (Wildman–Crippen MR) is 84.5 cm³/mol. The molecule has 5 heteroatoms. The maximum atomic E-state index is 10.5. The van der Waals surface area contributed by atoms with Crippen molar-refractivity contribution in [2.24, 2.45) is 5.92 Å². The molecule has 21 heavy (non-hydrogen) atoms. The van der Waals surface area contributed by atoms with Crippen molar-refractivity contribution in [1.29, 1.82) is 0 Å². The second-order valence-corrected chi connectivity index (χ2v) is 7.44. The van der Waals surface area contributed by atoms with Gasteiger partial charge < -0.3 is 5.11 Å². The molecule has 1 unspecified atom stereocenters. The van der Waals surface area contributed by atoms with Gasteiger partial charge in [0.2, 0.25) is 0 Å². The Balaban J connectivity index is 1.72. The van der Waals surface area contributed by atoms with Crippen LogP contribution in [0.25, 0.3) is 0 Å². The van der Waals surface area contributed by atoms with Crippen molar-refractivity contribution in [3.8, 4) is 0 Å². The topological polar surface area (TPSA) is 50.9 Å². The van der Waals surface area contributed by atoms with Crippen molar-refractivity contribution < 1.29 is 5.11 Å². The lowest BCUT2D eigenvalue weighted by molar-refractivity contribution is 0.177. The van der Waals surface area contributed by atoms with Crippen LogP contribution in [0.3, 0.4) is 0 Å². The third kappa shape index (κ3) is 3.35. The summed E-state index contributed by atoms with van der Waals surface area (Å²) in [6, 6.07) is 2.20. The quantitative estimate of drug-likeness (QED) is 0.923. The molecule has 0 aromatic carbocycles. The van der Waals surface area contributed by atoms with Crippen LogP contribution in [0.2, 0.25) is 0 Å². The normalized spacial score (nSPS) is 16.2. The van der Waals surface area contributed by atoms with Crippen molar-refractivity contribution in [3.05, 3.63) is 33.5 Å². The minimum Gasteiger partial charge on any atom is -0.387 e.